The van der Waals surface area contributed by atoms with Crippen LogP contribution in [0.3, 0.4) is 0 Å². The molecule has 0 fully saturated rings. The van der Waals surface area contributed by atoms with Gasteiger partial charge < -0.3 is 14.6 Å². The number of hydrogen-bond acceptors (Lipinski definition) is 8. The van der Waals surface area contributed by atoms with E-state index >= 15 is 0 Å². The zero-order valence-electron chi connectivity index (χ0n) is 19.5. The fourth-order valence-electron chi connectivity index (χ4n) is 3.26. The van der Waals surface area contributed by atoms with Crippen molar-refractivity contribution in [3.63, 3.8) is 0 Å². The van der Waals surface area contributed by atoms with Gasteiger partial charge in [0.05, 0.1) is 25.0 Å². The molecule has 0 atom stereocenters. The molecule has 0 aliphatic heterocycles. The van der Waals surface area contributed by atoms with Gasteiger partial charge in [0.2, 0.25) is 0 Å². The van der Waals surface area contributed by atoms with Crippen molar-refractivity contribution in [3.8, 4) is 22.8 Å². The summed E-state index contributed by atoms with van der Waals surface area (Å²) in [5.74, 6) is -0.144. The van der Waals surface area contributed by atoms with Crippen LogP contribution in [0.5, 0.6) is 5.75 Å². The Hall–Kier alpha value is -4.44. The maximum atomic E-state index is 12.4. The maximum Gasteiger partial charge on any atom is 0.250 e. The van der Waals surface area contributed by atoms with E-state index in [-0.39, 0.29) is 17.2 Å². The number of carbonyl (C=O) groups is 2. The molecule has 1 heterocycles. The second-order valence-corrected chi connectivity index (χ2v) is 8.64. The third kappa shape index (κ3) is 5.97. The number of methoxy groups -OCH3 is 1. The smallest absolute Gasteiger partial charge is 0.250 e. The number of carbonyl (C=O) groups excluding carboxylic acids is 2. The van der Waals surface area contributed by atoms with Crippen LogP contribution in [-0.2, 0) is 4.79 Å². The monoisotopic (exact) mass is 500 g/mol. The number of hydrogen-bond donors (Lipinski definition) is 1. The number of aromatic nitrogens is 3. The van der Waals surface area contributed by atoms with Crippen LogP contribution in [-0.4, -0.2) is 45.7 Å². The van der Waals surface area contributed by atoms with Gasteiger partial charge in [-0.15, -0.1) is 10.2 Å². The molecule has 1 aromatic heterocycles. The summed E-state index contributed by atoms with van der Waals surface area (Å²) in [6, 6.07) is 21.4. The number of amides is 1. The molecule has 0 saturated heterocycles. The number of ether oxygens (including phenoxy) is 1. The van der Waals surface area contributed by atoms with Crippen molar-refractivity contribution < 1.29 is 19.4 Å². The van der Waals surface area contributed by atoms with Crippen LogP contribution in [0, 0.1) is 6.92 Å². The Morgan fingerprint density at radius 3 is 2.36 bits per heavy atom. The fraction of sp³-hybridized carbons (Fsp3) is 0.115. The lowest BCUT2D eigenvalue weighted by Crippen LogP contribution is -2.22. The van der Waals surface area contributed by atoms with Gasteiger partial charge in [-0.2, -0.15) is 5.10 Å². The average Bonchev–Trinajstić information content (AvgIpc) is 3.32. The number of carboxylic acids is 1. The predicted octanol–water partition coefficient (Wildman–Crippen LogP) is 2.86. The minimum Gasteiger partial charge on any atom is -0.545 e. The first-order valence-electron chi connectivity index (χ1n) is 10.9. The molecule has 182 valence electrons. The number of nitrogens with one attached hydrogen (secondary N) is 1. The van der Waals surface area contributed by atoms with E-state index < -0.39 is 5.97 Å². The molecule has 0 radical (unpaired) electrons. The van der Waals surface area contributed by atoms with Gasteiger partial charge in [-0.05, 0) is 42.3 Å². The Labute approximate surface area is 211 Å². The molecule has 1 N–H and O–H groups in total. The summed E-state index contributed by atoms with van der Waals surface area (Å²) in [7, 11) is 1.61. The standard InChI is InChI=1S/C26H23N5O4S/c1-17-3-7-19(8-4-17)24-29-30-26(31(24)21-11-13-22(35-2)14-12-21)36-16-23(32)28-27-15-18-5-9-20(10-6-18)25(33)34/h3-15H,16H2,1-2H3,(H,28,32)(H,33,34)/p-1/b27-15+. The fourth-order valence-corrected chi connectivity index (χ4v) is 4.01. The molecule has 0 aliphatic rings. The summed E-state index contributed by atoms with van der Waals surface area (Å²) < 4.78 is 7.16. The van der Waals surface area contributed by atoms with Gasteiger partial charge in [0.15, 0.2) is 11.0 Å². The Morgan fingerprint density at radius 2 is 1.72 bits per heavy atom. The molecule has 1 amide bonds. The van der Waals surface area contributed by atoms with Crippen LogP contribution < -0.4 is 15.3 Å². The molecular weight excluding hydrogens is 478 g/mol. The third-order valence-corrected chi connectivity index (χ3v) is 6.08. The van der Waals surface area contributed by atoms with Crippen LogP contribution in [0.15, 0.2) is 83.1 Å². The minimum absolute atomic E-state index is 0.0587. The minimum atomic E-state index is -1.25. The maximum absolute atomic E-state index is 12.4. The van der Waals surface area contributed by atoms with E-state index in [1.807, 2.05) is 60.0 Å². The molecule has 0 spiro atoms. The SMILES string of the molecule is COc1ccc(-n2c(SCC(=O)N/N=C/c3ccc(C(=O)[O-])cc3)nnc2-c2ccc(C)cc2)cc1. The summed E-state index contributed by atoms with van der Waals surface area (Å²) in [5, 5.41) is 24.0. The lowest BCUT2D eigenvalue weighted by Gasteiger charge is -2.11. The second kappa shape index (κ2) is 11.3. The largest absolute Gasteiger partial charge is 0.545 e. The average molecular weight is 501 g/mol. The number of benzene rings is 3. The summed E-state index contributed by atoms with van der Waals surface area (Å²) in [4.78, 5) is 23.2. The zero-order valence-corrected chi connectivity index (χ0v) is 20.4. The van der Waals surface area contributed by atoms with Crippen molar-refractivity contribution in [1.29, 1.82) is 0 Å². The van der Waals surface area contributed by atoms with Gasteiger partial charge >= 0.3 is 0 Å². The molecule has 4 aromatic rings. The Kier molecular flexibility index (Phi) is 7.76. The normalized spacial score (nSPS) is 10.9. The highest BCUT2D eigenvalue weighted by Gasteiger charge is 2.17. The van der Waals surface area contributed by atoms with E-state index in [4.69, 9.17) is 4.74 Å². The molecule has 3 aromatic carbocycles. The van der Waals surface area contributed by atoms with Crippen molar-refractivity contribution in [2.24, 2.45) is 5.10 Å². The Balaban J connectivity index is 1.48. The molecule has 9 nitrogen and oxygen atoms in total. The summed E-state index contributed by atoms with van der Waals surface area (Å²) >= 11 is 1.23. The van der Waals surface area contributed by atoms with Gasteiger partial charge in [-0.25, -0.2) is 5.43 Å². The first-order chi connectivity index (χ1) is 17.4. The molecule has 0 bridgehead atoms. The highest BCUT2D eigenvalue weighted by Crippen LogP contribution is 2.29. The lowest BCUT2D eigenvalue weighted by molar-refractivity contribution is -0.255. The summed E-state index contributed by atoms with van der Waals surface area (Å²) in [6.45, 7) is 2.02. The highest BCUT2D eigenvalue weighted by atomic mass is 32.2. The van der Waals surface area contributed by atoms with Crippen LogP contribution in [0.2, 0.25) is 0 Å². The quantitative estimate of drug-likeness (QED) is 0.213. The van der Waals surface area contributed by atoms with Gasteiger partial charge in [0.1, 0.15) is 5.75 Å². The number of aryl methyl sites for hydroxylation is 1. The second-order valence-electron chi connectivity index (χ2n) is 7.70. The van der Waals surface area contributed by atoms with Gasteiger partial charge in [0.25, 0.3) is 5.91 Å². The van der Waals surface area contributed by atoms with Crippen molar-refractivity contribution in [3.05, 3.63) is 89.5 Å². The molecule has 0 saturated carbocycles. The van der Waals surface area contributed by atoms with Crippen LogP contribution in [0.1, 0.15) is 21.5 Å². The Bertz CT molecular complexity index is 1380. The topological polar surface area (TPSA) is 122 Å². The highest BCUT2D eigenvalue weighted by molar-refractivity contribution is 7.99. The van der Waals surface area contributed by atoms with Crippen molar-refractivity contribution in [2.45, 2.75) is 12.1 Å². The molecular formula is C26H22N5O4S-. The first kappa shape index (κ1) is 24.7. The predicted molar refractivity (Wildman–Crippen MR) is 135 cm³/mol. The molecule has 36 heavy (non-hydrogen) atoms. The van der Waals surface area contributed by atoms with Gasteiger partial charge in [-0.1, -0.05) is 65.9 Å². The first-order valence-corrected chi connectivity index (χ1v) is 11.9. The van der Waals surface area contributed by atoms with Crippen molar-refractivity contribution >= 4 is 29.9 Å². The summed E-state index contributed by atoms with van der Waals surface area (Å²) in [6.07, 6.45) is 1.43. The van der Waals surface area contributed by atoms with Crippen molar-refractivity contribution in [2.75, 3.05) is 12.9 Å². The van der Waals surface area contributed by atoms with Crippen LogP contribution in [0.25, 0.3) is 17.1 Å². The van der Waals surface area contributed by atoms with E-state index in [0.29, 0.717) is 16.5 Å². The van der Waals surface area contributed by atoms with Gasteiger partial charge in [0, 0.05) is 11.3 Å². The molecule has 0 aliphatic carbocycles. The van der Waals surface area contributed by atoms with E-state index in [2.05, 4.69) is 20.7 Å². The molecule has 10 heteroatoms. The Morgan fingerprint density at radius 1 is 1.03 bits per heavy atom. The number of thioether (sulfide) groups is 1. The number of carboxylic acid groups (broad SMARTS) is 1. The lowest BCUT2D eigenvalue weighted by atomic mass is 10.1. The van der Waals surface area contributed by atoms with Gasteiger partial charge in [-0.3, -0.25) is 9.36 Å². The van der Waals surface area contributed by atoms with Crippen LogP contribution >= 0.6 is 11.8 Å². The number of nitrogens with zero attached hydrogens (tertiary/aromatic N) is 4. The van der Waals surface area contributed by atoms with Crippen LogP contribution in [0.4, 0.5) is 0 Å². The third-order valence-electron chi connectivity index (χ3n) is 5.16. The van der Waals surface area contributed by atoms with E-state index in [1.165, 1.54) is 30.1 Å². The number of hydrazone groups is 1. The molecule has 0 unspecified atom stereocenters. The number of rotatable bonds is 9. The van der Waals surface area contributed by atoms with Crippen molar-refractivity contribution in [1.82, 2.24) is 20.2 Å². The summed E-state index contributed by atoms with van der Waals surface area (Å²) in [5.41, 5.74) is 6.03. The zero-order chi connectivity index (χ0) is 25.5. The van der Waals surface area contributed by atoms with E-state index in [1.54, 1.807) is 19.2 Å². The number of aromatic carboxylic acids is 1. The molecule has 4 rings (SSSR count). The van der Waals surface area contributed by atoms with E-state index in [0.717, 1.165) is 22.6 Å². The van der Waals surface area contributed by atoms with E-state index in [9.17, 15) is 14.7 Å².